The van der Waals surface area contributed by atoms with Gasteiger partial charge < -0.3 is 10.2 Å². The summed E-state index contributed by atoms with van der Waals surface area (Å²) in [6.07, 6.45) is 0.413. The maximum atomic E-state index is 13.6. The van der Waals surface area contributed by atoms with E-state index < -0.39 is 6.04 Å². The van der Waals surface area contributed by atoms with E-state index in [1.807, 2.05) is 50.2 Å². The summed E-state index contributed by atoms with van der Waals surface area (Å²) >= 11 is 6.30. The van der Waals surface area contributed by atoms with Gasteiger partial charge in [0.25, 0.3) is 0 Å². The molecule has 0 aromatic heterocycles. The standard InChI is InChI=1S/C27H28ClFN2O2/c1-19(2)30-27(33)25(16-20-8-4-3-5-9-20)31(18-21-12-14-23(29)15-13-21)26(32)17-22-10-6-7-11-24(22)28/h3-15,19,25H,16-18H2,1-2H3,(H,30,33). The lowest BCUT2D eigenvalue weighted by molar-refractivity contribution is -0.141. The molecule has 172 valence electrons. The Labute approximate surface area is 199 Å². The van der Waals surface area contributed by atoms with Crippen LogP contribution in [0.5, 0.6) is 0 Å². The lowest BCUT2D eigenvalue weighted by atomic mass is 10.0. The van der Waals surface area contributed by atoms with Crippen molar-refractivity contribution in [2.24, 2.45) is 0 Å². The Bertz CT molecular complexity index is 1070. The molecule has 6 heteroatoms. The van der Waals surface area contributed by atoms with Crippen LogP contribution in [0.25, 0.3) is 0 Å². The molecule has 0 aliphatic carbocycles. The number of rotatable bonds is 9. The fraction of sp³-hybridized carbons (Fsp3) is 0.259. The number of halogens is 2. The molecule has 3 rings (SSSR count). The highest BCUT2D eigenvalue weighted by atomic mass is 35.5. The summed E-state index contributed by atoms with van der Waals surface area (Å²) in [5.41, 5.74) is 2.37. The molecule has 1 atom stereocenters. The summed E-state index contributed by atoms with van der Waals surface area (Å²) in [6, 6.07) is 21.9. The van der Waals surface area contributed by atoms with E-state index in [1.165, 1.54) is 12.1 Å². The van der Waals surface area contributed by atoms with E-state index in [1.54, 1.807) is 35.2 Å². The Hall–Kier alpha value is -3.18. The van der Waals surface area contributed by atoms with Crippen molar-refractivity contribution in [1.29, 1.82) is 0 Å². The van der Waals surface area contributed by atoms with Crippen molar-refractivity contribution in [2.45, 2.75) is 45.3 Å². The second kappa shape index (κ2) is 11.6. The number of amides is 2. The van der Waals surface area contributed by atoms with Crippen molar-refractivity contribution in [1.82, 2.24) is 10.2 Å². The van der Waals surface area contributed by atoms with Crippen LogP contribution >= 0.6 is 11.6 Å². The molecule has 33 heavy (non-hydrogen) atoms. The predicted molar refractivity (Wildman–Crippen MR) is 129 cm³/mol. The van der Waals surface area contributed by atoms with Gasteiger partial charge in [-0.25, -0.2) is 4.39 Å². The van der Waals surface area contributed by atoms with E-state index in [0.29, 0.717) is 17.0 Å². The molecule has 0 radical (unpaired) electrons. The summed E-state index contributed by atoms with van der Waals surface area (Å²) < 4.78 is 13.5. The SMILES string of the molecule is CC(C)NC(=O)C(Cc1ccccc1)N(Cc1ccc(F)cc1)C(=O)Cc1ccccc1Cl. The maximum absolute atomic E-state index is 13.6. The monoisotopic (exact) mass is 466 g/mol. The molecule has 4 nitrogen and oxygen atoms in total. The van der Waals surface area contributed by atoms with Crippen LogP contribution in [-0.4, -0.2) is 28.8 Å². The van der Waals surface area contributed by atoms with Gasteiger partial charge in [0.1, 0.15) is 11.9 Å². The van der Waals surface area contributed by atoms with Crippen LogP contribution in [0.1, 0.15) is 30.5 Å². The molecule has 0 heterocycles. The number of nitrogens with zero attached hydrogens (tertiary/aromatic N) is 1. The third-order valence-electron chi connectivity index (χ3n) is 5.27. The average molecular weight is 467 g/mol. The molecule has 1 unspecified atom stereocenters. The first-order valence-corrected chi connectivity index (χ1v) is 11.3. The molecule has 0 aliphatic heterocycles. The van der Waals surface area contributed by atoms with Crippen molar-refractivity contribution in [2.75, 3.05) is 0 Å². The molecular formula is C27H28ClFN2O2. The Morgan fingerprint density at radius 1 is 0.909 bits per heavy atom. The lowest BCUT2D eigenvalue weighted by Crippen LogP contribution is -2.52. The van der Waals surface area contributed by atoms with Crippen LogP contribution < -0.4 is 5.32 Å². The molecule has 2 amide bonds. The topological polar surface area (TPSA) is 49.4 Å². The third kappa shape index (κ3) is 7.16. The van der Waals surface area contributed by atoms with Gasteiger partial charge in [0.2, 0.25) is 11.8 Å². The van der Waals surface area contributed by atoms with Crippen molar-refractivity contribution in [3.8, 4) is 0 Å². The number of benzene rings is 3. The van der Waals surface area contributed by atoms with E-state index in [-0.39, 0.29) is 36.6 Å². The molecule has 0 aliphatic rings. The summed E-state index contributed by atoms with van der Waals surface area (Å²) in [4.78, 5) is 28.4. The number of nitrogens with one attached hydrogen (secondary N) is 1. The van der Waals surface area contributed by atoms with Crippen LogP contribution in [0.2, 0.25) is 5.02 Å². The van der Waals surface area contributed by atoms with Gasteiger partial charge in [-0.15, -0.1) is 0 Å². The first-order valence-electron chi connectivity index (χ1n) is 10.9. The number of carbonyl (C=O) groups is 2. The molecule has 0 bridgehead atoms. The van der Waals surface area contributed by atoms with Gasteiger partial charge in [-0.1, -0.05) is 72.3 Å². The highest BCUT2D eigenvalue weighted by Crippen LogP contribution is 2.20. The van der Waals surface area contributed by atoms with E-state index in [0.717, 1.165) is 11.1 Å². The Morgan fingerprint density at radius 2 is 1.55 bits per heavy atom. The quantitative estimate of drug-likeness (QED) is 0.472. The van der Waals surface area contributed by atoms with Gasteiger partial charge in [0.15, 0.2) is 0 Å². The normalized spacial score (nSPS) is 11.8. The third-order valence-corrected chi connectivity index (χ3v) is 5.64. The minimum absolute atomic E-state index is 0.0567. The van der Waals surface area contributed by atoms with Crippen LogP contribution in [0.15, 0.2) is 78.9 Å². The summed E-state index contributed by atoms with van der Waals surface area (Å²) in [6.45, 7) is 3.94. The van der Waals surface area contributed by atoms with Crippen LogP contribution in [-0.2, 0) is 29.0 Å². The second-order valence-electron chi connectivity index (χ2n) is 8.29. The Morgan fingerprint density at radius 3 is 2.18 bits per heavy atom. The Kier molecular flexibility index (Phi) is 8.61. The van der Waals surface area contributed by atoms with E-state index >= 15 is 0 Å². The smallest absolute Gasteiger partial charge is 0.243 e. The highest BCUT2D eigenvalue weighted by Gasteiger charge is 2.31. The average Bonchev–Trinajstić information content (AvgIpc) is 2.79. The zero-order chi connectivity index (χ0) is 23.8. The maximum Gasteiger partial charge on any atom is 0.243 e. The lowest BCUT2D eigenvalue weighted by Gasteiger charge is -2.32. The predicted octanol–water partition coefficient (Wildman–Crippen LogP) is 5.19. The van der Waals surface area contributed by atoms with Crippen LogP contribution in [0, 0.1) is 5.82 Å². The van der Waals surface area contributed by atoms with Gasteiger partial charge in [-0.05, 0) is 48.7 Å². The zero-order valence-electron chi connectivity index (χ0n) is 18.8. The van der Waals surface area contributed by atoms with E-state index in [2.05, 4.69) is 5.32 Å². The first-order chi connectivity index (χ1) is 15.8. The van der Waals surface area contributed by atoms with Gasteiger partial charge in [-0.3, -0.25) is 9.59 Å². The van der Waals surface area contributed by atoms with Gasteiger partial charge in [-0.2, -0.15) is 0 Å². The molecule has 0 fully saturated rings. The fourth-order valence-corrected chi connectivity index (χ4v) is 3.83. The Balaban J connectivity index is 1.97. The molecule has 0 spiro atoms. The molecule has 1 N–H and O–H groups in total. The molecule has 3 aromatic rings. The molecule has 3 aromatic carbocycles. The van der Waals surface area contributed by atoms with E-state index in [9.17, 15) is 14.0 Å². The molecular weight excluding hydrogens is 439 g/mol. The number of hydrogen-bond acceptors (Lipinski definition) is 2. The highest BCUT2D eigenvalue weighted by molar-refractivity contribution is 6.31. The van der Waals surface area contributed by atoms with Crippen LogP contribution in [0.3, 0.4) is 0 Å². The summed E-state index contributed by atoms with van der Waals surface area (Å²) in [5, 5.41) is 3.45. The van der Waals surface area contributed by atoms with Gasteiger partial charge in [0.05, 0.1) is 6.42 Å². The van der Waals surface area contributed by atoms with Crippen molar-refractivity contribution < 1.29 is 14.0 Å². The van der Waals surface area contributed by atoms with Crippen molar-refractivity contribution in [3.63, 3.8) is 0 Å². The van der Waals surface area contributed by atoms with Crippen molar-refractivity contribution in [3.05, 3.63) is 106 Å². The van der Waals surface area contributed by atoms with Gasteiger partial charge >= 0.3 is 0 Å². The summed E-state index contributed by atoms with van der Waals surface area (Å²) in [5.74, 6) is -0.818. The van der Waals surface area contributed by atoms with E-state index in [4.69, 9.17) is 11.6 Å². The summed E-state index contributed by atoms with van der Waals surface area (Å²) in [7, 11) is 0. The minimum Gasteiger partial charge on any atom is -0.352 e. The largest absolute Gasteiger partial charge is 0.352 e. The van der Waals surface area contributed by atoms with Crippen LogP contribution in [0.4, 0.5) is 4.39 Å². The zero-order valence-corrected chi connectivity index (χ0v) is 19.6. The molecule has 0 saturated carbocycles. The molecule has 0 saturated heterocycles. The number of carbonyl (C=O) groups excluding carboxylic acids is 2. The van der Waals surface area contributed by atoms with Crippen molar-refractivity contribution >= 4 is 23.4 Å². The fourth-order valence-electron chi connectivity index (χ4n) is 3.63. The first kappa shape index (κ1) is 24.5. The minimum atomic E-state index is -0.741. The second-order valence-corrected chi connectivity index (χ2v) is 8.69. The van der Waals surface area contributed by atoms with Gasteiger partial charge in [0, 0.05) is 24.0 Å². The number of hydrogen-bond donors (Lipinski definition) is 1.